The second-order valence-electron chi connectivity index (χ2n) is 4.88. The first kappa shape index (κ1) is 12.3. The van der Waals surface area contributed by atoms with Gasteiger partial charge in [-0.2, -0.15) is 0 Å². The summed E-state index contributed by atoms with van der Waals surface area (Å²) >= 11 is 0. The number of hydrogen-bond acceptors (Lipinski definition) is 3. The lowest BCUT2D eigenvalue weighted by Crippen LogP contribution is -2.37. The van der Waals surface area contributed by atoms with Crippen molar-refractivity contribution >= 4 is 0 Å². The molecule has 1 saturated carbocycles. The second-order valence-corrected chi connectivity index (χ2v) is 4.88. The van der Waals surface area contributed by atoms with Crippen LogP contribution in [0.3, 0.4) is 0 Å². The molecule has 1 aliphatic carbocycles. The van der Waals surface area contributed by atoms with Crippen LogP contribution in [0.4, 0.5) is 0 Å². The zero-order valence-electron chi connectivity index (χ0n) is 10.4. The van der Waals surface area contributed by atoms with Crippen LogP contribution < -0.4 is 0 Å². The van der Waals surface area contributed by atoms with Crippen LogP contribution in [0.15, 0.2) is 0 Å². The molecule has 1 saturated heterocycles. The maximum atomic E-state index is 5.88. The quantitative estimate of drug-likeness (QED) is 0.677. The van der Waals surface area contributed by atoms with E-state index in [2.05, 4.69) is 6.92 Å². The van der Waals surface area contributed by atoms with E-state index in [4.69, 9.17) is 14.2 Å². The van der Waals surface area contributed by atoms with E-state index in [1.54, 1.807) is 0 Å². The van der Waals surface area contributed by atoms with Crippen LogP contribution in [0.1, 0.15) is 51.9 Å². The largest absolute Gasteiger partial charge is 0.378 e. The Balaban J connectivity index is 1.61. The Morgan fingerprint density at radius 1 is 1.12 bits per heavy atom. The molecule has 16 heavy (non-hydrogen) atoms. The first-order valence-electron chi connectivity index (χ1n) is 6.74. The van der Waals surface area contributed by atoms with Gasteiger partial charge in [0.2, 0.25) is 0 Å². The monoisotopic (exact) mass is 228 g/mol. The Hall–Kier alpha value is -0.120. The molecule has 3 heteroatoms. The molecule has 2 rings (SSSR count). The second kappa shape index (κ2) is 5.99. The van der Waals surface area contributed by atoms with Gasteiger partial charge < -0.3 is 14.2 Å². The molecular formula is C13H24O3. The Kier molecular flexibility index (Phi) is 4.62. The Morgan fingerprint density at radius 2 is 1.81 bits per heavy atom. The lowest BCUT2D eigenvalue weighted by molar-refractivity contribution is -0.191. The van der Waals surface area contributed by atoms with E-state index in [-0.39, 0.29) is 5.79 Å². The molecule has 0 aromatic heterocycles. The van der Waals surface area contributed by atoms with Gasteiger partial charge in [-0.15, -0.1) is 0 Å². The molecular weight excluding hydrogens is 204 g/mol. The summed E-state index contributed by atoms with van der Waals surface area (Å²) in [7, 11) is 0. The van der Waals surface area contributed by atoms with Crippen LogP contribution in [0.5, 0.6) is 0 Å². The van der Waals surface area contributed by atoms with Gasteiger partial charge in [0.05, 0.1) is 19.3 Å². The van der Waals surface area contributed by atoms with Crippen LogP contribution in [0, 0.1) is 0 Å². The van der Waals surface area contributed by atoms with Crippen LogP contribution in [0.25, 0.3) is 0 Å². The first-order chi connectivity index (χ1) is 7.85. The Labute approximate surface area is 98.4 Å². The van der Waals surface area contributed by atoms with Crippen molar-refractivity contribution < 1.29 is 14.2 Å². The molecule has 0 N–H and O–H groups in total. The van der Waals surface area contributed by atoms with Crippen molar-refractivity contribution in [3.63, 3.8) is 0 Å². The lowest BCUT2D eigenvalue weighted by atomic mass is 9.92. The molecule has 1 heterocycles. The molecule has 1 spiro atoms. The van der Waals surface area contributed by atoms with Crippen molar-refractivity contribution in [2.24, 2.45) is 0 Å². The molecule has 0 bridgehead atoms. The molecule has 0 atom stereocenters. The predicted molar refractivity (Wildman–Crippen MR) is 62.4 cm³/mol. The van der Waals surface area contributed by atoms with Crippen molar-refractivity contribution in [2.75, 3.05) is 19.8 Å². The van der Waals surface area contributed by atoms with Crippen molar-refractivity contribution in [1.82, 2.24) is 0 Å². The lowest BCUT2D eigenvalue weighted by Gasteiger charge is -2.35. The third-order valence-corrected chi connectivity index (χ3v) is 3.61. The van der Waals surface area contributed by atoms with Crippen LogP contribution in [-0.2, 0) is 14.2 Å². The topological polar surface area (TPSA) is 27.7 Å². The molecule has 0 aromatic carbocycles. The van der Waals surface area contributed by atoms with Gasteiger partial charge in [-0.3, -0.25) is 0 Å². The minimum atomic E-state index is -0.233. The van der Waals surface area contributed by atoms with Gasteiger partial charge >= 0.3 is 0 Å². The summed E-state index contributed by atoms with van der Waals surface area (Å²) < 4.78 is 17.3. The van der Waals surface area contributed by atoms with Crippen LogP contribution >= 0.6 is 0 Å². The molecule has 0 aromatic rings. The van der Waals surface area contributed by atoms with Crippen molar-refractivity contribution in [3.8, 4) is 0 Å². The minimum absolute atomic E-state index is 0.233. The van der Waals surface area contributed by atoms with Crippen LogP contribution in [0.2, 0.25) is 0 Å². The Bertz CT molecular complexity index is 189. The molecule has 0 amide bonds. The smallest absolute Gasteiger partial charge is 0.168 e. The van der Waals surface area contributed by atoms with Crippen molar-refractivity contribution in [1.29, 1.82) is 0 Å². The minimum Gasteiger partial charge on any atom is -0.378 e. The van der Waals surface area contributed by atoms with Crippen LogP contribution in [-0.4, -0.2) is 31.7 Å². The molecule has 2 aliphatic rings. The predicted octanol–water partition coefficient (Wildman–Crippen LogP) is 2.88. The van der Waals surface area contributed by atoms with Gasteiger partial charge in [0.1, 0.15) is 0 Å². The standard InChI is InChI=1S/C13H24O3/c1-2-3-4-9-14-12-5-7-13(8-6-12)15-10-11-16-13/h12H,2-11H2,1H3. The van der Waals surface area contributed by atoms with E-state index in [1.807, 2.05) is 0 Å². The SMILES string of the molecule is CCCCCOC1CCC2(CC1)OCCO2. The highest BCUT2D eigenvalue weighted by molar-refractivity contribution is 4.82. The summed E-state index contributed by atoms with van der Waals surface area (Å²) in [5.74, 6) is -0.233. The first-order valence-corrected chi connectivity index (χ1v) is 6.74. The molecule has 2 fully saturated rings. The van der Waals surface area contributed by atoms with Gasteiger partial charge in [-0.05, 0) is 19.3 Å². The number of ether oxygens (including phenoxy) is 3. The fourth-order valence-corrected chi connectivity index (χ4v) is 2.59. The zero-order chi connectivity index (χ0) is 11.3. The third-order valence-electron chi connectivity index (χ3n) is 3.61. The maximum absolute atomic E-state index is 5.88. The average Bonchev–Trinajstić information content (AvgIpc) is 2.76. The average molecular weight is 228 g/mol. The normalized spacial score (nSPS) is 25.3. The molecule has 0 radical (unpaired) electrons. The summed E-state index contributed by atoms with van der Waals surface area (Å²) in [6, 6.07) is 0. The third kappa shape index (κ3) is 3.19. The molecule has 94 valence electrons. The van der Waals surface area contributed by atoms with E-state index in [0.29, 0.717) is 6.10 Å². The van der Waals surface area contributed by atoms with Gasteiger partial charge in [-0.1, -0.05) is 19.8 Å². The van der Waals surface area contributed by atoms with E-state index in [1.165, 1.54) is 19.3 Å². The fourth-order valence-electron chi connectivity index (χ4n) is 2.59. The number of unbranched alkanes of at least 4 members (excludes halogenated alkanes) is 2. The zero-order valence-corrected chi connectivity index (χ0v) is 10.4. The van der Waals surface area contributed by atoms with E-state index < -0.39 is 0 Å². The molecule has 1 aliphatic heterocycles. The van der Waals surface area contributed by atoms with Crippen molar-refractivity contribution in [2.45, 2.75) is 63.8 Å². The number of hydrogen-bond donors (Lipinski definition) is 0. The van der Waals surface area contributed by atoms with Gasteiger partial charge in [-0.25, -0.2) is 0 Å². The van der Waals surface area contributed by atoms with E-state index in [0.717, 1.165) is 45.5 Å². The van der Waals surface area contributed by atoms with Gasteiger partial charge in [0.25, 0.3) is 0 Å². The summed E-state index contributed by atoms with van der Waals surface area (Å²) in [5.41, 5.74) is 0. The number of rotatable bonds is 5. The Morgan fingerprint density at radius 3 is 2.44 bits per heavy atom. The summed E-state index contributed by atoms with van der Waals surface area (Å²) in [4.78, 5) is 0. The van der Waals surface area contributed by atoms with Gasteiger partial charge in [0.15, 0.2) is 5.79 Å². The fraction of sp³-hybridized carbons (Fsp3) is 1.00. The summed E-state index contributed by atoms with van der Waals surface area (Å²) in [5, 5.41) is 0. The summed E-state index contributed by atoms with van der Waals surface area (Å²) in [6.45, 7) is 4.68. The molecule has 3 nitrogen and oxygen atoms in total. The van der Waals surface area contributed by atoms with Crippen molar-refractivity contribution in [3.05, 3.63) is 0 Å². The maximum Gasteiger partial charge on any atom is 0.168 e. The highest BCUT2D eigenvalue weighted by Crippen LogP contribution is 2.36. The van der Waals surface area contributed by atoms with E-state index in [9.17, 15) is 0 Å². The summed E-state index contributed by atoms with van der Waals surface area (Å²) in [6.07, 6.45) is 8.37. The highest BCUT2D eigenvalue weighted by atomic mass is 16.7. The highest BCUT2D eigenvalue weighted by Gasteiger charge is 2.40. The molecule has 0 unspecified atom stereocenters. The van der Waals surface area contributed by atoms with E-state index >= 15 is 0 Å². The van der Waals surface area contributed by atoms with Gasteiger partial charge in [0, 0.05) is 19.4 Å².